The number of hydrogen-bond donors (Lipinski definition) is 2. The first kappa shape index (κ1) is 14.7. The molecule has 6 heteroatoms. The number of nitrogens with two attached hydrogens (primary N) is 1. The first-order valence-corrected chi connectivity index (χ1v) is 7.66. The lowest BCUT2D eigenvalue weighted by Gasteiger charge is -2.14. The molecule has 1 saturated carbocycles. The first-order valence-electron chi connectivity index (χ1n) is 7.66. The summed E-state index contributed by atoms with van der Waals surface area (Å²) in [4.78, 5) is 18.3. The van der Waals surface area contributed by atoms with Crippen molar-refractivity contribution >= 4 is 17.6 Å². The standard InChI is InChI=1S/C16H22N4O2/c1-22-14-4-2-3-12(8-14)19-16(17)18-9-11-7-15(21)20(10-11)13-5-6-13/h2-4,8,11,13H,5-7,9-10H2,1H3,(H3,17,18,19). The quantitative estimate of drug-likeness (QED) is 0.637. The third kappa shape index (κ3) is 3.50. The Labute approximate surface area is 130 Å². The van der Waals surface area contributed by atoms with Gasteiger partial charge in [-0.2, -0.15) is 0 Å². The summed E-state index contributed by atoms with van der Waals surface area (Å²) in [5, 5.41) is 3.05. The van der Waals surface area contributed by atoms with Crippen molar-refractivity contribution in [2.45, 2.75) is 25.3 Å². The fraction of sp³-hybridized carbons (Fsp3) is 0.500. The number of aliphatic imine (C=N–C) groups is 1. The topological polar surface area (TPSA) is 80.0 Å². The normalized spacial score (nSPS) is 22.0. The van der Waals surface area contributed by atoms with E-state index in [1.54, 1.807) is 7.11 Å². The van der Waals surface area contributed by atoms with Crippen LogP contribution < -0.4 is 15.8 Å². The Morgan fingerprint density at radius 1 is 1.50 bits per heavy atom. The van der Waals surface area contributed by atoms with Gasteiger partial charge in [-0.1, -0.05) is 6.07 Å². The molecule has 2 fully saturated rings. The van der Waals surface area contributed by atoms with Crippen molar-refractivity contribution in [2.24, 2.45) is 16.6 Å². The highest BCUT2D eigenvalue weighted by molar-refractivity contribution is 5.92. The number of rotatable bonds is 5. The zero-order valence-corrected chi connectivity index (χ0v) is 12.8. The van der Waals surface area contributed by atoms with E-state index in [0.717, 1.165) is 30.8 Å². The zero-order chi connectivity index (χ0) is 15.5. The molecule has 6 nitrogen and oxygen atoms in total. The van der Waals surface area contributed by atoms with Gasteiger partial charge in [0.15, 0.2) is 5.96 Å². The molecule has 0 aromatic heterocycles. The molecule has 3 N–H and O–H groups in total. The van der Waals surface area contributed by atoms with Gasteiger partial charge in [0.2, 0.25) is 5.91 Å². The Bertz CT molecular complexity index is 583. The van der Waals surface area contributed by atoms with Crippen molar-refractivity contribution in [3.8, 4) is 5.75 Å². The summed E-state index contributed by atoms with van der Waals surface area (Å²) in [5.74, 6) is 1.67. The number of anilines is 1. The van der Waals surface area contributed by atoms with Crippen LogP contribution in [0.15, 0.2) is 29.3 Å². The van der Waals surface area contributed by atoms with Gasteiger partial charge in [0.1, 0.15) is 5.75 Å². The van der Waals surface area contributed by atoms with Gasteiger partial charge in [0.05, 0.1) is 7.11 Å². The fourth-order valence-electron chi connectivity index (χ4n) is 2.79. The van der Waals surface area contributed by atoms with Gasteiger partial charge < -0.3 is 20.7 Å². The van der Waals surface area contributed by atoms with E-state index >= 15 is 0 Å². The summed E-state index contributed by atoms with van der Waals surface area (Å²) < 4.78 is 5.17. The Morgan fingerprint density at radius 2 is 2.32 bits per heavy atom. The second-order valence-electron chi connectivity index (χ2n) is 5.93. The fourth-order valence-corrected chi connectivity index (χ4v) is 2.79. The van der Waals surface area contributed by atoms with Crippen LogP contribution in [0.5, 0.6) is 5.75 Å². The van der Waals surface area contributed by atoms with Gasteiger partial charge in [0, 0.05) is 43.2 Å². The Morgan fingerprint density at radius 3 is 3.05 bits per heavy atom. The molecule has 118 valence electrons. The van der Waals surface area contributed by atoms with E-state index in [-0.39, 0.29) is 11.8 Å². The van der Waals surface area contributed by atoms with Crippen molar-refractivity contribution in [1.82, 2.24) is 4.90 Å². The molecule has 1 aromatic carbocycles. The lowest BCUT2D eigenvalue weighted by Crippen LogP contribution is -2.28. The number of guanidine groups is 1. The number of hydrogen-bond acceptors (Lipinski definition) is 3. The molecule has 1 saturated heterocycles. The Kier molecular flexibility index (Phi) is 4.18. The van der Waals surface area contributed by atoms with Crippen LogP contribution >= 0.6 is 0 Å². The molecular weight excluding hydrogens is 280 g/mol. The number of amides is 1. The lowest BCUT2D eigenvalue weighted by atomic mass is 10.1. The van der Waals surface area contributed by atoms with E-state index in [4.69, 9.17) is 10.5 Å². The van der Waals surface area contributed by atoms with Crippen LogP contribution in [0.4, 0.5) is 5.69 Å². The molecule has 1 unspecified atom stereocenters. The summed E-state index contributed by atoms with van der Waals surface area (Å²) in [6.45, 7) is 1.40. The monoisotopic (exact) mass is 302 g/mol. The van der Waals surface area contributed by atoms with Crippen LogP contribution in [0.2, 0.25) is 0 Å². The SMILES string of the molecule is COc1cccc(NC(N)=NCC2CC(=O)N(C3CC3)C2)c1. The van der Waals surface area contributed by atoms with Crippen molar-refractivity contribution in [2.75, 3.05) is 25.5 Å². The van der Waals surface area contributed by atoms with Crippen LogP contribution in [0, 0.1) is 5.92 Å². The number of carbonyl (C=O) groups is 1. The number of ether oxygens (including phenoxy) is 1. The van der Waals surface area contributed by atoms with Crippen LogP contribution in [0.25, 0.3) is 0 Å². The highest BCUT2D eigenvalue weighted by atomic mass is 16.5. The molecule has 1 aliphatic heterocycles. The largest absolute Gasteiger partial charge is 0.497 e. The second-order valence-corrected chi connectivity index (χ2v) is 5.93. The molecule has 1 amide bonds. The van der Waals surface area contributed by atoms with Crippen molar-refractivity contribution in [3.63, 3.8) is 0 Å². The van der Waals surface area contributed by atoms with Crippen LogP contribution in [-0.2, 0) is 4.79 Å². The summed E-state index contributed by atoms with van der Waals surface area (Å²) in [5.41, 5.74) is 6.75. The highest BCUT2D eigenvalue weighted by Gasteiger charge is 2.39. The van der Waals surface area contributed by atoms with Gasteiger partial charge >= 0.3 is 0 Å². The maximum Gasteiger partial charge on any atom is 0.223 e. The molecule has 2 aliphatic rings. The predicted molar refractivity (Wildman–Crippen MR) is 85.9 cm³/mol. The van der Waals surface area contributed by atoms with E-state index in [9.17, 15) is 4.79 Å². The summed E-state index contributed by atoms with van der Waals surface area (Å²) >= 11 is 0. The van der Waals surface area contributed by atoms with Crippen molar-refractivity contribution in [1.29, 1.82) is 0 Å². The van der Waals surface area contributed by atoms with E-state index in [2.05, 4.69) is 10.3 Å². The molecule has 1 aliphatic carbocycles. The van der Waals surface area contributed by atoms with Gasteiger partial charge in [-0.15, -0.1) is 0 Å². The molecule has 3 rings (SSSR count). The number of methoxy groups -OCH3 is 1. The van der Waals surface area contributed by atoms with Gasteiger partial charge in [0.25, 0.3) is 0 Å². The molecule has 1 atom stereocenters. The van der Waals surface area contributed by atoms with E-state index in [1.165, 1.54) is 0 Å². The van der Waals surface area contributed by atoms with Gasteiger partial charge in [-0.3, -0.25) is 9.79 Å². The van der Waals surface area contributed by atoms with Crippen molar-refractivity contribution in [3.05, 3.63) is 24.3 Å². The molecule has 22 heavy (non-hydrogen) atoms. The molecule has 0 radical (unpaired) electrons. The number of nitrogens with one attached hydrogen (secondary N) is 1. The van der Waals surface area contributed by atoms with Crippen LogP contribution in [0.3, 0.4) is 0 Å². The number of nitrogens with zero attached hydrogens (tertiary/aromatic N) is 2. The molecule has 0 bridgehead atoms. The zero-order valence-electron chi connectivity index (χ0n) is 12.8. The highest BCUT2D eigenvalue weighted by Crippen LogP contribution is 2.32. The third-order valence-electron chi connectivity index (χ3n) is 4.09. The molecular formula is C16H22N4O2. The minimum atomic E-state index is 0.266. The summed E-state index contributed by atoms with van der Waals surface area (Å²) in [6, 6.07) is 8.01. The van der Waals surface area contributed by atoms with E-state index in [1.807, 2.05) is 29.2 Å². The van der Waals surface area contributed by atoms with Gasteiger partial charge in [-0.25, -0.2) is 0 Å². The average molecular weight is 302 g/mol. The van der Waals surface area contributed by atoms with Crippen LogP contribution in [0.1, 0.15) is 19.3 Å². The Balaban J connectivity index is 1.52. The van der Waals surface area contributed by atoms with Gasteiger partial charge in [-0.05, 0) is 25.0 Å². The third-order valence-corrected chi connectivity index (χ3v) is 4.09. The predicted octanol–water partition coefficient (Wildman–Crippen LogP) is 1.43. The average Bonchev–Trinajstić information content (AvgIpc) is 3.29. The maximum absolute atomic E-state index is 11.9. The molecule has 1 heterocycles. The van der Waals surface area contributed by atoms with E-state index < -0.39 is 0 Å². The van der Waals surface area contributed by atoms with E-state index in [0.29, 0.717) is 25.0 Å². The number of carbonyl (C=O) groups excluding carboxylic acids is 1. The minimum absolute atomic E-state index is 0.266. The maximum atomic E-state index is 11.9. The smallest absolute Gasteiger partial charge is 0.223 e. The summed E-state index contributed by atoms with van der Waals surface area (Å²) in [7, 11) is 1.62. The van der Waals surface area contributed by atoms with Crippen molar-refractivity contribution < 1.29 is 9.53 Å². The summed E-state index contributed by atoms with van der Waals surface area (Å²) in [6.07, 6.45) is 2.90. The lowest BCUT2D eigenvalue weighted by molar-refractivity contribution is -0.128. The van der Waals surface area contributed by atoms with Crippen LogP contribution in [-0.4, -0.2) is 43.0 Å². The minimum Gasteiger partial charge on any atom is -0.497 e. The second kappa shape index (κ2) is 6.25. The Hall–Kier alpha value is -2.24. The molecule has 1 aromatic rings. The first-order chi connectivity index (χ1) is 10.7. The number of benzene rings is 1. The number of likely N-dealkylation sites (tertiary alicyclic amines) is 1. The molecule has 0 spiro atoms.